The lowest BCUT2D eigenvalue weighted by atomic mass is 10.3. The highest BCUT2D eigenvalue weighted by molar-refractivity contribution is 9.10. The van der Waals surface area contributed by atoms with E-state index in [9.17, 15) is 23.3 Å². The van der Waals surface area contributed by atoms with E-state index in [4.69, 9.17) is 0 Å². The van der Waals surface area contributed by atoms with Crippen molar-refractivity contribution in [3.8, 4) is 0 Å². The first-order valence-corrected chi connectivity index (χ1v) is 4.01. The fourth-order valence-corrected chi connectivity index (χ4v) is 1.19. The molecule has 0 atom stereocenters. The fourth-order valence-electron chi connectivity index (χ4n) is 0.752. The molecule has 14 heavy (non-hydrogen) atoms. The summed E-state index contributed by atoms with van der Waals surface area (Å²) in [6, 6.07) is 0.590. The van der Waals surface area contributed by atoms with Gasteiger partial charge in [-0.3, -0.25) is 0 Å². The third kappa shape index (κ3) is 2.00. The summed E-state index contributed by atoms with van der Waals surface area (Å²) in [5.74, 6) is -2.11. The summed E-state index contributed by atoms with van der Waals surface area (Å²) in [5, 5.41) is 10.3. The van der Waals surface area contributed by atoms with Crippen LogP contribution in [0, 0.1) is 15.9 Å². The monoisotopic (exact) mass is 270 g/mol. The number of rotatable bonds is 2. The third-order valence-corrected chi connectivity index (χ3v) is 1.90. The van der Waals surface area contributed by atoms with Gasteiger partial charge < -0.3 is 10.1 Å². The van der Waals surface area contributed by atoms with E-state index in [1.54, 1.807) is 0 Å². The predicted molar refractivity (Wildman–Crippen MR) is 43.5 cm³/mol. The van der Waals surface area contributed by atoms with Crippen LogP contribution in [-0.4, -0.2) is 9.91 Å². The number of alkyl halides is 2. The van der Waals surface area contributed by atoms with Crippen LogP contribution in [0.15, 0.2) is 10.5 Å². The number of nitrogens with zero attached hydrogens (tertiary/aromatic N) is 2. The Morgan fingerprint density at radius 3 is 2.57 bits per heavy atom. The average Bonchev–Trinajstić information content (AvgIpc) is 2.02. The van der Waals surface area contributed by atoms with Gasteiger partial charge in [0.05, 0.1) is 0 Å². The molecular formula is C6H2BrF3N2O2. The number of halogens is 4. The van der Waals surface area contributed by atoms with Crippen LogP contribution in [0.5, 0.6) is 0 Å². The highest BCUT2D eigenvalue weighted by Crippen LogP contribution is 2.28. The molecule has 0 radical (unpaired) electrons. The second-order valence-electron chi connectivity index (χ2n) is 2.22. The average molecular weight is 271 g/mol. The van der Waals surface area contributed by atoms with Gasteiger partial charge in [-0.1, -0.05) is 0 Å². The van der Waals surface area contributed by atoms with Gasteiger partial charge >= 0.3 is 12.2 Å². The van der Waals surface area contributed by atoms with Gasteiger partial charge in [-0.15, -0.1) is 0 Å². The number of hydrogen-bond acceptors (Lipinski definition) is 3. The summed E-state index contributed by atoms with van der Waals surface area (Å²) in [4.78, 5) is 12.2. The SMILES string of the molecule is O=[N+]([O-])c1nc(C(F)F)c(F)cc1Br. The lowest BCUT2D eigenvalue weighted by Gasteiger charge is -1.99. The number of hydrogen-bond donors (Lipinski definition) is 0. The molecule has 1 aromatic heterocycles. The molecule has 1 aromatic rings. The summed E-state index contributed by atoms with van der Waals surface area (Å²) in [6.45, 7) is 0. The van der Waals surface area contributed by atoms with Crippen LogP contribution in [0.4, 0.5) is 19.0 Å². The molecule has 4 nitrogen and oxygen atoms in total. The van der Waals surface area contributed by atoms with Gasteiger partial charge in [0.2, 0.25) is 0 Å². The quantitative estimate of drug-likeness (QED) is 0.613. The van der Waals surface area contributed by atoms with Crippen molar-refractivity contribution in [2.75, 3.05) is 0 Å². The van der Waals surface area contributed by atoms with Crippen LogP contribution in [0.2, 0.25) is 0 Å². The predicted octanol–water partition coefficient (Wildman–Crippen LogP) is 2.83. The summed E-state index contributed by atoms with van der Waals surface area (Å²) < 4.78 is 36.6. The van der Waals surface area contributed by atoms with Gasteiger partial charge in [0.25, 0.3) is 5.69 Å². The maximum absolute atomic E-state index is 12.7. The van der Waals surface area contributed by atoms with E-state index < -0.39 is 28.7 Å². The molecule has 0 unspecified atom stereocenters. The first kappa shape index (κ1) is 10.9. The fraction of sp³-hybridized carbons (Fsp3) is 0.167. The minimum atomic E-state index is -3.18. The largest absolute Gasteiger partial charge is 0.378 e. The number of pyridine rings is 1. The molecule has 8 heteroatoms. The minimum Gasteiger partial charge on any atom is -0.358 e. The Kier molecular flexibility index (Phi) is 3.04. The molecule has 0 aliphatic heterocycles. The zero-order valence-electron chi connectivity index (χ0n) is 6.38. The second-order valence-corrected chi connectivity index (χ2v) is 3.07. The van der Waals surface area contributed by atoms with Crippen LogP contribution in [0.3, 0.4) is 0 Å². The van der Waals surface area contributed by atoms with Crippen LogP contribution in [0.1, 0.15) is 12.1 Å². The van der Waals surface area contributed by atoms with Crippen molar-refractivity contribution >= 4 is 21.7 Å². The van der Waals surface area contributed by atoms with Gasteiger partial charge in [-0.25, -0.2) is 13.2 Å². The number of aromatic nitrogens is 1. The van der Waals surface area contributed by atoms with E-state index in [-0.39, 0.29) is 4.47 Å². The standard InChI is InChI=1S/C6H2BrF3N2O2/c7-2-1-3(8)4(5(9)10)11-6(2)12(13)14/h1,5H. The molecule has 0 amide bonds. The lowest BCUT2D eigenvalue weighted by molar-refractivity contribution is -0.390. The Balaban J connectivity index is 3.34. The van der Waals surface area contributed by atoms with Crippen molar-refractivity contribution in [3.63, 3.8) is 0 Å². The summed E-state index contributed by atoms with van der Waals surface area (Å²) in [5.41, 5.74) is -1.22. The zero-order chi connectivity index (χ0) is 10.9. The third-order valence-electron chi connectivity index (χ3n) is 1.32. The molecule has 0 aliphatic rings. The number of nitro groups is 1. The molecule has 0 saturated heterocycles. The first-order chi connectivity index (χ1) is 6.43. The Morgan fingerprint density at radius 1 is 1.57 bits per heavy atom. The smallest absolute Gasteiger partial charge is 0.358 e. The molecule has 0 N–H and O–H groups in total. The molecule has 0 aliphatic carbocycles. The van der Waals surface area contributed by atoms with Crippen molar-refractivity contribution in [2.45, 2.75) is 6.43 Å². The summed E-state index contributed by atoms with van der Waals surface area (Å²) >= 11 is 2.64. The van der Waals surface area contributed by atoms with Gasteiger partial charge in [-0.2, -0.15) is 0 Å². The Hall–Kier alpha value is -1.18. The maximum Gasteiger partial charge on any atom is 0.378 e. The van der Waals surface area contributed by atoms with Crippen molar-refractivity contribution in [1.29, 1.82) is 0 Å². The second kappa shape index (κ2) is 3.91. The molecule has 0 fully saturated rings. The van der Waals surface area contributed by atoms with E-state index in [1.807, 2.05) is 0 Å². The molecule has 0 aromatic carbocycles. The molecule has 0 saturated carbocycles. The molecule has 1 rings (SSSR count). The Morgan fingerprint density at radius 2 is 2.14 bits per heavy atom. The van der Waals surface area contributed by atoms with E-state index >= 15 is 0 Å². The van der Waals surface area contributed by atoms with Crippen molar-refractivity contribution in [2.24, 2.45) is 0 Å². The molecule has 76 valence electrons. The Labute approximate surface area is 84.0 Å². The van der Waals surface area contributed by atoms with E-state index in [0.29, 0.717) is 6.07 Å². The minimum absolute atomic E-state index is 0.274. The normalized spacial score (nSPS) is 10.6. The van der Waals surface area contributed by atoms with Crippen molar-refractivity contribution in [3.05, 3.63) is 32.2 Å². The molecular weight excluding hydrogens is 269 g/mol. The van der Waals surface area contributed by atoms with Crippen LogP contribution < -0.4 is 0 Å². The van der Waals surface area contributed by atoms with Crippen LogP contribution >= 0.6 is 15.9 Å². The molecule has 0 spiro atoms. The van der Waals surface area contributed by atoms with Crippen LogP contribution in [-0.2, 0) is 0 Å². The summed E-state index contributed by atoms with van der Waals surface area (Å²) in [6.07, 6.45) is -3.18. The Bertz CT molecular complexity index is 386. The highest BCUT2D eigenvalue weighted by atomic mass is 79.9. The van der Waals surface area contributed by atoms with E-state index in [1.165, 1.54) is 0 Å². The maximum atomic E-state index is 12.7. The van der Waals surface area contributed by atoms with Crippen LogP contribution in [0.25, 0.3) is 0 Å². The summed E-state index contributed by atoms with van der Waals surface area (Å²) in [7, 11) is 0. The van der Waals surface area contributed by atoms with Gasteiger partial charge in [0.1, 0.15) is 4.47 Å². The van der Waals surface area contributed by atoms with E-state index in [2.05, 4.69) is 20.9 Å². The molecule has 0 bridgehead atoms. The van der Waals surface area contributed by atoms with Gasteiger partial charge in [0.15, 0.2) is 5.82 Å². The van der Waals surface area contributed by atoms with Gasteiger partial charge in [0, 0.05) is 6.07 Å². The van der Waals surface area contributed by atoms with Crippen molar-refractivity contribution in [1.82, 2.24) is 4.98 Å². The van der Waals surface area contributed by atoms with Gasteiger partial charge in [-0.05, 0) is 25.8 Å². The van der Waals surface area contributed by atoms with E-state index in [0.717, 1.165) is 0 Å². The first-order valence-electron chi connectivity index (χ1n) is 3.22. The van der Waals surface area contributed by atoms with Crippen molar-refractivity contribution < 1.29 is 18.1 Å². The topological polar surface area (TPSA) is 56.0 Å². The zero-order valence-corrected chi connectivity index (χ0v) is 7.96. The highest BCUT2D eigenvalue weighted by Gasteiger charge is 2.26. The molecule has 1 heterocycles. The lowest BCUT2D eigenvalue weighted by Crippen LogP contribution is -2.01.